The third-order valence-corrected chi connectivity index (χ3v) is 2.03. The average molecular weight is 205 g/mol. The molecule has 0 saturated carbocycles. The van der Waals surface area contributed by atoms with Gasteiger partial charge in [0.2, 0.25) is 0 Å². The fraction of sp³-hybridized carbons (Fsp3) is 0.222. The van der Waals surface area contributed by atoms with E-state index in [1.54, 1.807) is 21.8 Å². The maximum Gasteiger partial charge on any atom is 0.104 e. The Hall–Kier alpha value is -2.11. The lowest BCUT2D eigenvalue weighted by atomic mass is 10.2. The van der Waals surface area contributed by atoms with Gasteiger partial charge in [-0.05, 0) is 0 Å². The molecule has 0 aliphatic heterocycles. The van der Waals surface area contributed by atoms with E-state index in [0.717, 1.165) is 16.8 Å². The van der Waals surface area contributed by atoms with Gasteiger partial charge in [-0.2, -0.15) is 10.2 Å². The summed E-state index contributed by atoms with van der Waals surface area (Å²) in [5, 5.41) is 19.9. The van der Waals surface area contributed by atoms with Gasteiger partial charge >= 0.3 is 0 Å². The van der Waals surface area contributed by atoms with E-state index in [-0.39, 0.29) is 0 Å². The van der Waals surface area contributed by atoms with Gasteiger partial charge in [-0.1, -0.05) is 5.16 Å². The van der Waals surface area contributed by atoms with Crippen molar-refractivity contribution in [1.29, 1.82) is 0 Å². The van der Waals surface area contributed by atoms with Crippen molar-refractivity contribution in [3.8, 4) is 11.3 Å². The summed E-state index contributed by atoms with van der Waals surface area (Å²) in [4.78, 5) is 0. The van der Waals surface area contributed by atoms with Crippen molar-refractivity contribution in [1.82, 2.24) is 19.6 Å². The predicted octanol–water partition coefficient (Wildman–Crippen LogP) is 0.629. The second-order valence-corrected chi connectivity index (χ2v) is 3.25. The molecule has 0 saturated heterocycles. The molecule has 6 heteroatoms. The SMILES string of the molecule is Cn1cc(-c2nn(C)cc2/C=N/O)cn1. The van der Waals surface area contributed by atoms with E-state index in [1.807, 2.05) is 20.3 Å². The minimum atomic E-state index is 0.753. The maximum atomic E-state index is 8.52. The van der Waals surface area contributed by atoms with Gasteiger partial charge in [0.05, 0.1) is 12.4 Å². The summed E-state index contributed by atoms with van der Waals surface area (Å²) < 4.78 is 3.36. The first kappa shape index (κ1) is 9.45. The molecular formula is C9H11N5O. The Labute approximate surface area is 86.4 Å². The fourth-order valence-corrected chi connectivity index (χ4v) is 1.43. The maximum absolute atomic E-state index is 8.52. The highest BCUT2D eigenvalue weighted by Gasteiger charge is 2.09. The monoisotopic (exact) mass is 205 g/mol. The number of nitrogens with zero attached hydrogens (tertiary/aromatic N) is 5. The van der Waals surface area contributed by atoms with E-state index in [9.17, 15) is 0 Å². The highest BCUT2D eigenvalue weighted by atomic mass is 16.4. The van der Waals surface area contributed by atoms with Gasteiger partial charge in [0.15, 0.2) is 0 Å². The van der Waals surface area contributed by atoms with Crippen LogP contribution in [-0.2, 0) is 14.1 Å². The molecule has 0 atom stereocenters. The molecule has 0 bridgehead atoms. The molecule has 2 rings (SSSR count). The Balaban J connectivity index is 2.51. The van der Waals surface area contributed by atoms with Gasteiger partial charge < -0.3 is 5.21 Å². The third-order valence-electron chi connectivity index (χ3n) is 2.03. The second-order valence-electron chi connectivity index (χ2n) is 3.25. The van der Waals surface area contributed by atoms with Crippen LogP contribution in [0.15, 0.2) is 23.7 Å². The molecule has 2 heterocycles. The minimum Gasteiger partial charge on any atom is -0.411 e. The van der Waals surface area contributed by atoms with Crippen molar-refractivity contribution in [2.45, 2.75) is 0 Å². The molecule has 0 spiro atoms. The lowest BCUT2D eigenvalue weighted by Gasteiger charge is -1.91. The average Bonchev–Trinajstić information content (AvgIpc) is 2.73. The summed E-state index contributed by atoms with van der Waals surface area (Å²) >= 11 is 0. The molecule has 6 nitrogen and oxygen atoms in total. The Morgan fingerprint density at radius 3 is 2.73 bits per heavy atom. The number of aryl methyl sites for hydroxylation is 2. The first-order valence-corrected chi connectivity index (χ1v) is 4.41. The molecule has 0 aliphatic carbocycles. The van der Waals surface area contributed by atoms with Crippen molar-refractivity contribution >= 4 is 6.21 Å². The van der Waals surface area contributed by atoms with Crippen LogP contribution in [0.1, 0.15) is 5.56 Å². The van der Waals surface area contributed by atoms with Gasteiger partial charge in [0.25, 0.3) is 0 Å². The van der Waals surface area contributed by atoms with Gasteiger partial charge in [-0.3, -0.25) is 9.36 Å². The van der Waals surface area contributed by atoms with E-state index in [1.165, 1.54) is 6.21 Å². The van der Waals surface area contributed by atoms with Crippen LogP contribution in [0.25, 0.3) is 11.3 Å². The number of hydrogen-bond acceptors (Lipinski definition) is 4. The lowest BCUT2D eigenvalue weighted by molar-refractivity contribution is 0.322. The second kappa shape index (κ2) is 3.56. The predicted molar refractivity (Wildman–Crippen MR) is 54.8 cm³/mol. The number of rotatable bonds is 2. The standard InChI is InChI=1S/C9H11N5O/c1-13-5-7(3-10-13)9-8(4-11-15)6-14(2)12-9/h3-6,15H,1-2H3/b11-4+. The molecule has 0 fully saturated rings. The van der Waals surface area contributed by atoms with Gasteiger partial charge in [0, 0.05) is 37.6 Å². The highest BCUT2D eigenvalue weighted by Crippen LogP contribution is 2.19. The van der Waals surface area contributed by atoms with E-state index in [0.29, 0.717) is 0 Å². The molecule has 0 radical (unpaired) electrons. The molecule has 2 aromatic heterocycles. The molecular weight excluding hydrogens is 194 g/mol. The zero-order valence-electron chi connectivity index (χ0n) is 8.49. The first-order valence-electron chi connectivity index (χ1n) is 4.41. The zero-order chi connectivity index (χ0) is 10.8. The van der Waals surface area contributed by atoms with Gasteiger partial charge in [-0.25, -0.2) is 0 Å². The van der Waals surface area contributed by atoms with Crippen LogP contribution >= 0.6 is 0 Å². The molecule has 15 heavy (non-hydrogen) atoms. The Morgan fingerprint density at radius 2 is 2.13 bits per heavy atom. The normalized spacial score (nSPS) is 11.3. The van der Waals surface area contributed by atoms with E-state index >= 15 is 0 Å². The van der Waals surface area contributed by atoms with Crippen LogP contribution in [-0.4, -0.2) is 31.0 Å². The van der Waals surface area contributed by atoms with Gasteiger partial charge in [0.1, 0.15) is 5.69 Å². The number of hydrogen-bond donors (Lipinski definition) is 1. The topological polar surface area (TPSA) is 68.2 Å². The Morgan fingerprint density at radius 1 is 1.33 bits per heavy atom. The van der Waals surface area contributed by atoms with Crippen LogP contribution in [0.2, 0.25) is 0 Å². The van der Waals surface area contributed by atoms with E-state index in [4.69, 9.17) is 5.21 Å². The molecule has 0 unspecified atom stereocenters. The van der Waals surface area contributed by atoms with Crippen molar-refractivity contribution in [2.75, 3.05) is 0 Å². The highest BCUT2D eigenvalue weighted by molar-refractivity contribution is 5.87. The Bertz CT molecular complexity index is 496. The summed E-state index contributed by atoms with van der Waals surface area (Å²) in [7, 11) is 3.65. The summed E-state index contributed by atoms with van der Waals surface area (Å²) in [6.45, 7) is 0. The molecule has 0 aliphatic rings. The van der Waals surface area contributed by atoms with Crippen molar-refractivity contribution in [2.24, 2.45) is 19.3 Å². The molecule has 0 aromatic carbocycles. The van der Waals surface area contributed by atoms with Crippen molar-refractivity contribution in [3.63, 3.8) is 0 Å². The molecule has 0 amide bonds. The van der Waals surface area contributed by atoms with Crippen LogP contribution in [0.3, 0.4) is 0 Å². The molecule has 78 valence electrons. The van der Waals surface area contributed by atoms with E-state index in [2.05, 4.69) is 15.4 Å². The van der Waals surface area contributed by atoms with Crippen LogP contribution < -0.4 is 0 Å². The van der Waals surface area contributed by atoms with E-state index < -0.39 is 0 Å². The largest absolute Gasteiger partial charge is 0.411 e. The summed E-state index contributed by atoms with van der Waals surface area (Å²) in [6.07, 6.45) is 6.71. The van der Waals surface area contributed by atoms with Crippen LogP contribution in [0, 0.1) is 0 Å². The van der Waals surface area contributed by atoms with Gasteiger partial charge in [-0.15, -0.1) is 0 Å². The summed E-state index contributed by atoms with van der Waals surface area (Å²) in [5.74, 6) is 0. The Kier molecular flexibility index (Phi) is 2.24. The number of oxime groups is 1. The summed E-state index contributed by atoms with van der Waals surface area (Å²) in [5.41, 5.74) is 2.41. The molecule has 2 aromatic rings. The van der Waals surface area contributed by atoms with Crippen LogP contribution in [0.5, 0.6) is 0 Å². The zero-order valence-corrected chi connectivity index (χ0v) is 8.49. The number of aromatic nitrogens is 4. The quantitative estimate of drug-likeness (QED) is 0.444. The minimum absolute atomic E-state index is 0.753. The third kappa shape index (κ3) is 1.74. The lowest BCUT2D eigenvalue weighted by Crippen LogP contribution is -1.87. The van der Waals surface area contributed by atoms with Crippen molar-refractivity contribution in [3.05, 3.63) is 24.2 Å². The summed E-state index contributed by atoms with van der Waals surface area (Å²) in [6, 6.07) is 0. The fourth-order valence-electron chi connectivity index (χ4n) is 1.43. The van der Waals surface area contributed by atoms with Crippen LogP contribution in [0.4, 0.5) is 0 Å². The first-order chi connectivity index (χ1) is 7.20. The van der Waals surface area contributed by atoms with Crippen molar-refractivity contribution < 1.29 is 5.21 Å². The smallest absolute Gasteiger partial charge is 0.104 e. The molecule has 1 N–H and O–H groups in total.